The monoisotopic (exact) mass is 412 g/mol. The number of rotatable bonds is 5. The number of para-hydroxylation sites is 2. The minimum absolute atomic E-state index is 0.0331. The average Bonchev–Trinajstić information content (AvgIpc) is 2.72. The second-order valence-corrected chi connectivity index (χ2v) is 7.38. The summed E-state index contributed by atoms with van der Waals surface area (Å²) in [5.74, 6) is 0.0717. The van der Waals surface area contributed by atoms with Crippen LogP contribution in [-0.4, -0.2) is 40.2 Å². The molecule has 0 saturated carbocycles. The highest BCUT2D eigenvalue weighted by Crippen LogP contribution is 2.27. The lowest BCUT2D eigenvalue weighted by Crippen LogP contribution is -2.41. The number of ether oxygens (including phenoxy) is 1. The molecule has 2 amide bonds. The molecule has 3 rings (SSSR count). The predicted octanol–water partition coefficient (Wildman–Crippen LogP) is 2.74. The van der Waals surface area contributed by atoms with Crippen LogP contribution in [0.5, 0.6) is 11.5 Å². The van der Waals surface area contributed by atoms with E-state index in [0.29, 0.717) is 17.1 Å². The number of methoxy groups -OCH3 is 1. The number of benzene rings is 2. The van der Waals surface area contributed by atoms with Gasteiger partial charge in [-0.15, -0.1) is 5.10 Å². The summed E-state index contributed by atoms with van der Waals surface area (Å²) >= 11 is 1.13. The third-order valence-electron chi connectivity index (χ3n) is 4.10. The molecule has 1 aliphatic rings. The zero-order valence-electron chi connectivity index (χ0n) is 15.9. The van der Waals surface area contributed by atoms with Crippen molar-refractivity contribution < 1.29 is 19.4 Å². The van der Waals surface area contributed by atoms with Crippen molar-refractivity contribution in [1.82, 2.24) is 5.32 Å². The molecule has 29 heavy (non-hydrogen) atoms. The molecule has 0 aliphatic carbocycles. The van der Waals surface area contributed by atoms with Gasteiger partial charge in [-0.05, 0) is 48.9 Å². The maximum absolute atomic E-state index is 12.6. The summed E-state index contributed by atoms with van der Waals surface area (Å²) in [6.07, 6.45) is 0.0331. The molecule has 1 fully saturated rings. The van der Waals surface area contributed by atoms with Crippen LogP contribution in [0.1, 0.15) is 18.9 Å². The van der Waals surface area contributed by atoms with Crippen LogP contribution in [0.2, 0.25) is 0 Å². The number of hydrogen-bond donors (Lipinski definition) is 3. The quantitative estimate of drug-likeness (QED) is 0.516. The van der Waals surface area contributed by atoms with Crippen molar-refractivity contribution in [3.8, 4) is 11.5 Å². The summed E-state index contributed by atoms with van der Waals surface area (Å²) < 4.78 is 5.23. The molecule has 0 bridgehead atoms. The normalized spacial score (nSPS) is 18.3. The van der Waals surface area contributed by atoms with Gasteiger partial charge in [0, 0.05) is 6.42 Å². The number of thioether (sulfide) groups is 1. The molecule has 1 atom stereocenters. The largest absolute Gasteiger partial charge is 0.508 e. The molecule has 2 aromatic rings. The van der Waals surface area contributed by atoms with Gasteiger partial charge in [0.25, 0.3) is 0 Å². The van der Waals surface area contributed by atoms with Gasteiger partial charge in [-0.25, -0.2) is 0 Å². The molecular weight excluding hydrogens is 392 g/mol. The number of nitrogens with one attached hydrogen (secondary N) is 2. The zero-order valence-corrected chi connectivity index (χ0v) is 16.7. The van der Waals surface area contributed by atoms with Crippen LogP contribution in [0, 0.1) is 0 Å². The molecule has 0 aromatic heterocycles. The standard InChI is InChI=1S/C20H20N4O4S/c1-12(13-7-9-14(25)10-8-13)23-24-20-22-18(26)11-17(29-20)19(27)21-15-5-3-4-6-16(15)28-2/h3-10,17,25H,11H2,1-2H3,(H,21,27)(H,22,24,26)/b23-12-/t17-/m0/s1. The molecule has 0 spiro atoms. The molecule has 9 heteroatoms. The van der Waals surface area contributed by atoms with E-state index in [1.807, 2.05) is 0 Å². The van der Waals surface area contributed by atoms with Gasteiger partial charge in [0.15, 0.2) is 5.17 Å². The van der Waals surface area contributed by atoms with Crippen molar-refractivity contribution in [3.05, 3.63) is 54.1 Å². The molecule has 0 unspecified atom stereocenters. The van der Waals surface area contributed by atoms with E-state index < -0.39 is 5.25 Å². The maximum Gasteiger partial charge on any atom is 0.238 e. The van der Waals surface area contributed by atoms with Crippen molar-refractivity contribution in [2.45, 2.75) is 18.6 Å². The zero-order chi connectivity index (χ0) is 20.8. The van der Waals surface area contributed by atoms with Crippen LogP contribution < -0.4 is 15.4 Å². The Morgan fingerprint density at radius 1 is 1.24 bits per heavy atom. The second-order valence-electron chi connectivity index (χ2n) is 6.19. The molecule has 150 valence electrons. The summed E-state index contributed by atoms with van der Waals surface area (Å²) in [7, 11) is 1.52. The van der Waals surface area contributed by atoms with E-state index in [4.69, 9.17) is 4.74 Å². The summed E-state index contributed by atoms with van der Waals surface area (Å²) in [6.45, 7) is 1.76. The second kappa shape index (κ2) is 9.24. The lowest BCUT2D eigenvalue weighted by atomic mass is 10.1. The first-order chi connectivity index (χ1) is 14.0. The highest BCUT2D eigenvalue weighted by Gasteiger charge is 2.30. The predicted molar refractivity (Wildman–Crippen MR) is 114 cm³/mol. The smallest absolute Gasteiger partial charge is 0.238 e. The minimum atomic E-state index is -0.642. The number of hydrogen-bond acceptors (Lipinski definition) is 7. The number of phenolic OH excluding ortho intramolecular Hbond substituents is 1. The molecule has 1 aliphatic heterocycles. The van der Waals surface area contributed by atoms with E-state index in [1.165, 1.54) is 7.11 Å². The Morgan fingerprint density at radius 3 is 2.69 bits per heavy atom. The number of amidine groups is 1. The van der Waals surface area contributed by atoms with E-state index >= 15 is 0 Å². The Kier molecular flexibility index (Phi) is 6.50. The van der Waals surface area contributed by atoms with Gasteiger partial charge in [0.2, 0.25) is 11.8 Å². The van der Waals surface area contributed by atoms with Gasteiger partial charge in [-0.2, -0.15) is 5.10 Å². The molecule has 2 aromatic carbocycles. The van der Waals surface area contributed by atoms with Crippen molar-refractivity contribution in [1.29, 1.82) is 0 Å². The number of carbonyl (C=O) groups is 2. The van der Waals surface area contributed by atoms with Crippen molar-refractivity contribution >= 4 is 40.1 Å². The summed E-state index contributed by atoms with van der Waals surface area (Å²) in [4.78, 5) is 24.7. The first-order valence-corrected chi connectivity index (χ1v) is 9.66. The van der Waals surface area contributed by atoms with Crippen molar-refractivity contribution in [2.75, 3.05) is 12.4 Å². The molecule has 3 N–H and O–H groups in total. The average molecular weight is 412 g/mol. The van der Waals surface area contributed by atoms with Crippen molar-refractivity contribution in [3.63, 3.8) is 0 Å². The third-order valence-corrected chi connectivity index (χ3v) is 5.18. The Balaban J connectivity index is 1.71. The van der Waals surface area contributed by atoms with E-state index in [2.05, 4.69) is 20.8 Å². The number of nitrogens with zero attached hydrogens (tertiary/aromatic N) is 2. The number of aromatic hydroxyl groups is 1. The van der Waals surface area contributed by atoms with E-state index in [9.17, 15) is 14.7 Å². The van der Waals surface area contributed by atoms with Crippen LogP contribution in [-0.2, 0) is 9.59 Å². The summed E-state index contributed by atoms with van der Waals surface area (Å²) in [5.41, 5.74) is 1.92. The first kappa shape index (κ1) is 20.4. The van der Waals surface area contributed by atoms with Crippen molar-refractivity contribution in [2.24, 2.45) is 10.2 Å². The molecule has 1 saturated heterocycles. The van der Waals surface area contributed by atoms with Crippen LogP contribution in [0.4, 0.5) is 5.69 Å². The van der Waals surface area contributed by atoms with E-state index in [-0.39, 0.29) is 29.2 Å². The lowest BCUT2D eigenvalue weighted by molar-refractivity contribution is -0.123. The number of amides is 2. The van der Waals surface area contributed by atoms with Gasteiger partial charge in [0.1, 0.15) is 16.7 Å². The van der Waals surface area contributed by atoms with Gasteiger partial charge in [-0.3, -0.25) is 9.59 Å². The Bertz CT molecular complexity index is 973. The Hall–Kier alpha value is -3.33. The van der Waals surface area contributed by atoms with E-state index in [1.54, 1.807) is 55.5 Å². The topological polar surface area (TPSA) is 112 Å². The summed E-state index contributed by atoms with van der Waals surface area (Å²) in [5, 5.41) is 22.6. The molecular formula is C20H20N4O4S. The highest BCUT2D eigenvalue weighted by molar-refractivity contribution is 8.15. The fraction of sp³-hybridized carbons (Fsp3) is 0.200. The van der Waals surface area contributed by atoms with Crippen LogP contribution in [0.25, 0.3) is 0 Å². The SMILES string of the molecule is COc1ccccc1NC(=O)[C@@H]1CC(=O)N/C(=N/N=C(/C)c2ccc(O)cc2)S1. The molecule has 1 heterocycles. The first-order valence-electron chi connectivity index (χ1n) is 8.78. The van der Waals surface area contributed by atoms with Crippen LogP contribution in [0.15, 0.2) is 58.7 Å². The molecule has 8 nitrogen and oxygen atoms in total. The van der Waals surface area contributed by atoms with E-state index in [0.717, 1.165) is 17.3 Å². The summed E-state index contributed by atoms with van der Waals surface area (Å²) in [6, 6.07) is 13.6. The van der Waals surface area contributed by atoms with Gasteiger partial charge in [0.05, 0.1) is 18.5 Å². The van der Waals surface area contributed by atoms with Gasteiger partial charge >= 0.3 is 0 Å². The van der Waals surface area contributed by atoms with Gasteiger partial charge < -0.3 is 20.5 Å². The van der Waals surface area contributed by atoms with Crippen LogP contribution >= 0.6 is 11.8 Å². The number of phenols is 1. The lowest BCUT2D eigenvalue weighted by Gasteiger charge is -2.22. The fourth-order valence-corrected chi connectivity index (χ4v) is 3.51. The number of anilines is 1. The number of carbonyl (C=O) groups excluding carboxylic acids is 2. The Morgan fingerprint density at radius 2 is 1.97 bits per heavy atom. The van der Waals surface area contributed by atoms with Gasteiger partial charge in [-0.1, -0.05) is 23.9 Å². The fourth-order valence-electron chi connectivity index (χ4n) is 2.58. The maximum atomic E-state index is 12.6. The van der Waals surface area contributed by atoms with Crippen LogP contribution in [0.3, 0.4) is 0 Å². The molecule has 0 radical (unpaired) electrons. The minimum Gasteiger partial charge on any atom is -0.508 e. The highest BCUT2D eigenvalue weighted by atomic mass is 32.2. The Labute approximate surface area is 172 Å². The third kappa shape index (κ3) is 5.35.